The van der Waals surface area contributed by atoms with E-state index >= 15 is 0 Å². The molecule has 3 nitrogen and oxygen atoms in total. The van der Waals surface area contributed by atoms with Crippen LogP contribution in [0.4, 0.5) is 13.2 Å². The maximum absolute atomic E-state index is 13.7. The van der Waals surface area contributed by atoms with Crippen molar-refractivity contribution in [2.45, 2.75) is 12.5 Å². The van der Waals surface area contributed by atoms with Gasteiger partial charge in [0.15, 0.2) is 0 Å². The molecule has 0 spiro atoms. The Hall–Kier alpha value is -3.54. The van der Waals surface area contributed by atoms with Crippen LogP contribution in [0.3, 0.4) is 0 Å². The second-order valence-corrected chi connectivity index (χ2v) is 6.99. The smallest absolute Gasteiger partial charge is 0.258 e. The van der Waals surface area contributed by atoms with Crippen LogP contribution in [0.25, 0.3) is 5.57 Å². The number of nitrogens with zero attached hydrogens (tertiary/aromatic N) is 1. The molecule has 1 aliphatic rings. The molecular weight excluding hydrogens is 391 g/mol. The van der Waals surface area contributed by atoms with Crippen molar-refractivity contribution in [1.29, 1.82) is 0 Å². The number of methoxy groups -OCH3 is 1. The molecule has 152 valence electrons. The summed E-state index contributed by atoms with van der Waals surface area (Å²) in [7, 11) is 1.54. The number of amides is 1. The molecule has 1 atom stereocenters. The van der Waals surface area contributed by atoms with Crippen molar-refractivity contribution in [3.63, 3.8) is 0 Å². The average Bonchev–Trinajstić information content (AvgIpc) is 3.18. The fraction of sp³-hybridized carbons (Fsp3) is 0.125. The van der Waals surface area contributed by atoms with Gasteiger partial charge < -0.3 is 9.64 Å². The van der Waals surface area contributed by atoms with Gasteiger partial charge in [0.25, 0.3) is 5.91 Å². The van der Waals surface area contributed by atoms with Crippen molar-refractivity contribution in [3.05, 3.63) is 107 Å². The SMILES string of the molecule is COc1ccccc1C1CC(c2ccc(F)cc2)=CN1C(=O)c1cc(F)cc(F)c1. The number of carbonyl (C=O) groups is 1. The van der Waals surface area contributed by atoms with E-state index in [0.29, 0.717) is 12.2 Å². The van der Waals surface area contributed by atoms with Gasteiger partial charge >= 0.3 is 0 Å². The average molecular weight is 409 g/mol. The van der Waals surface area contributed by atoms with Crippen molar-refractivity contribution < 1.29 is 22.7 Å². The van der Waals surface area contributed by atoms with Crippen molar-refractivity contribution in [1.82, 2.24) is 4.90 Å². The lowest BCUT2D eigenvalue weighted by Gasteiger charge is -2.25. The summed E-state index contributed by atoms with van der Waals surface area (Å²) in [6.45, 7) is 0. The summed E-state index contributed by atoms with van der Waals surface area (Å²) in [6, 6.07) is 15.5. The van der Waals surface area contributed by atoms with Gasteiger partial charge in [-0.1, -0.05) is 30.3 Å². The minimum absolute atomic E-state index is 0.0935. The van der Waals surface area contributed by atoms with E-state index in [-0.39, 0.29) is 11.4 Å². The Balaban J connectivity index is 1.78. The molecule has 3 aromatic rings. The molecule has 0 fully saturated rings. The van der Waals surface area contributed by atoms with Crippen LogP contribution >= 0.6 is 0 Å². The van der Waals surface area contributed by atoms with Crippen LogP contribution in [0, 0.1) is 17.5 Å². The van der Waals surface area contributed by atoms with Crippen molar-refractivity contribution >= 4 is 11.5 Å². The largest absolute Gasteiger partial charge is 0.496 e. The first-order valence-electron chi connectivity index (χ1n) is 9.34. The molecule has 3 aromatic carbocycles. The Morgan fingerprint density at radius 1 is 0.933 bits per heavy atom. The molecule has 0 saturated carbocycles. The highest BCUT2D eigenvalue weighted by atomic mass is 19.1. The lowest BCUT2D eigenvalue weighted by atomic mass is 9.97. The molecule has 0 bridgehead atoms. The zero-order valence-electron chi connectivity index (χ0n) is 16.1. The topological polar surface area (TPSA) is 29.5 Å². The molecule has 1 amide bonds. The third-order valence-corrected chi connectivity index (χ3v) is 5.10. The minimum atomic E-state index is -0.825. The predicted molar refractivity (Wildman–Crippen MR) is 107 cm³/mol. The Morgan fingerprint density at radius 2 is 1.60 bits per heavy atom. The zero-order valence-corrected chi connectivity index (χ0v) is 16.1. The number of carbonyl (C=O) groups excluding carboxylic acids is 1. The van der Waals surface area contributed by atoms with Crippen LogP contribution in [0.5, 0.6) is 5.75 Å². The Morgan fingerprint density at radius 3 is 2.27 bits per heavy atom. The fourth-order valence-electron chi connectivity index (χ4n) is 3.70. The Bertz CT molecular complexity index is 1110. The van der Waals surface area contributed by atoms with Crippen molar-refractivity contribution in [3.8, 4) is 5.75 Å². The third-order valence-electron chi connectivity index (χ3n) is 5.10. The standard InChI is InChI=1S/C24H18F3NO2/c1-30-23-5-3-2-4-21(23)22-12-17(15-6-8-18(25)9-7-15)14-28(22)24(29)16-10-19(26)13-20(27)11-16/h2-11,13-14,22H,12H2,1H3. The summed E-state index contributed by atoms with van der Waals surface area (Å²) in [5.41, 5.74) is 2.23. The van der Waals surface area contributed by atoms with E-state index in [1.54, 1.807) is 24.4 Å². The van der Waals surface area contributed by atoms with E-state index in [0.717, 1.165) is 34.9 Å². The quantitative estimate of drug-likeness (QED) is 0.550. The number of benzene rings is 3. The molecule has 0 aliphatic carbocycles. The van der Waals surface area contributed by atoms with Gasteiger partial charge in [-0.05, 0) is 47.9 Å². The van der Waals surface area contributed by atoms with Crippen LogP contribution in [0.1, 0.15) is 33.9 Å². The molecule has 1 unspecified atom stereocenters. The summed E-state index contributed by atoms with van der Waals surface area (Å²) in [4.78, 5) is 14.7. The van der Waals surface area contributed by atoms with E-state index in [1.165, 1.54) is 24.1 Å². The summed E-state index contributed by atoms with van der Waals surface area (Å²) in [5.74, 6) is -1.95. The lowest BCUT2D eigenvalue weighted by molar-refractivity contribution is 0.0781. The second-order valence-electron chi connectivity index (χ2n) is 6.99. The van der Waals surface area contributed by atoms with E-state index < -0.39 is 23.6 Å². The summed E-state index contributed by atoms with van der Waals surface area (Å²) >= 11 is 0. The Labute approximate surface area is 172 Å². The van der Waals surface area contributed by atoms with Crippen LogP contribution in [0.2, 0.25) is 0 Å². The predicted octanol–water partition coefficient (Wildman–Crippen LogP) is 5.74. The van der Waals surface area contributed by atoms with Gasteiger partial charge in [0.1, 0.15) is 23.2 Å². The monoisotopic (exact) mass is 409 g/mol. The molecule has 6 heteroatoms. The zero-order chi connectivity index (χ0) is 21.3. The van der Waals surface area contributed by atoms with Gasteiger partial charge in [-0.15, -0.1) is 0 Å². The first-order chi connectivity index (χ1) is 14.5. The molecule has 0 radical (unpaired) electrons. The van der Waals surface area contributed by atoms with Crippen molar-refractivity contribution in [2.24, 2.45) is 0 Å². The number of rotatable bonds is 4. The number of hydrogen-bond acceptors (Lipinski definition) is 2. The summed E-state index contributed by atoms with van der Waals surface area (Å²) < 4.78 is 46.2. The van der Waals surface area contributed by atoms with Crippen LogP contribution in [-0.4, -0.2) is 17.9 Å². The highest BCUT2D eigenvalue weighted by Crippen LogP contribution is 2.42. The van der Waals surface area contributed by atoms with Gasteiger partial charge in [-0.3, -0.25) is 4.79 Å². The first-order valence-corrected chi connectivity index (χ1v) is 9.34. The molecule has 0 N–H and O–H groups in total. The highest BCUT2D eigenvalue weighted by molar-refractivity contribution is 5.97. The minimum Gasteiger partial charge on any atom is -0.496 e. The molecule has 1 aliphatic heterocycles. The lowest BCUT2D eigenvalue weighted by Crippen LogP contribution is -2.27. The van der Waals surface area contributed by atoms with Crippen LogP contribution in [0.15, 0.2) is 72.9 Å². The normalized spacial score (nSPS) is 15.8. The van der Waals surface area contributed by atoms with E-state index in [1.807, 2.05) is 18.2 Å². The third kappa shape index (κ3) is 3.81. The molecule has 0 saturated heterocycles. The maximum atomic E-state index is 13.7. The first kappa shape index (κ1) is 19.8. The Kier molecular flexibility index (Phi) is 5.31. The van der Waals surface area contributed by atoms with Gasteiger partial charge in [-0.25, -0.2) is 13.2 Å². The van der Waals surface area contributed by atoms with Gasteiger partial charge in [0, 0.05) is 23.4 Å². The van der Waals surface area contributed by atoms with Crippen LogP contribution < -0.4 is 4.74 Å². The van der Waals surface area contributed by atoms with Gasteiger partial charge in [0.2, 0.25) is 0 Å². The number of ether oxygens (including phenoxy) is 1. The maximum Gasteiger partial charge on any atom is 0.258 e. The number of halogens is 3. The van der Waals surface area contributed by atoms with Crippen LogP contribution in [-0.2, 0) is 0 Å². The second kappa shape index (κ2) is 8.06. The number of hydrogen-bond donors (Lipinski definition) is 0. The molecular formula is C24H18F3NO2. The summed E-state index contributed by atoms with van der Waals surface area (Å²) in [5, 5.41) is 0. The molecule has 1 heterocycles. The van der Waals surface area contributed by atoms with E-state index in [9.17, 15) is 18.0 Å². The van der Waals surface area contributed by atoms with E-state index in [2.05, 4.69) is 0 Å². The van der Waals surface area contributed by atoms with Gasteiger partial charge in [0.05, 0.1) is 13.2 Å². The fourth-order valence-corrected chi connectivity index (χ4v) is 3.70. The number of para-hydroxylation sites is 1. The van der Waals surface area contributed by atoms with E-state index in [4.69, 9.17) is 4.74 Å². The summed E-state index contributed by atoms with van der Waals surface area (Å²) in [6.07, 6.45) is 2.09. The molecule has 30 heavy (non-hydrogen) atoms. The highest BCUT2D eigenvalue weighted by Gasteiger charge is 2.33. The molecule has 0 aromatic heterocycles. The van der Waals surface area contributed by atoms with Crippen molar-refractivity contribution in [2.75, 3.05) is 7.11 Å². The van der Waals surface area contributed by atoms with Gasteiger partial charge in [-0.2, -0.15) is 0 Å². The molecule has 4 rings (SSSR count).